The molecule has 31 heavy (non-hydrogen) atoms. The fraction of sp³-hybridized carbons (Fsp3) is 0.240. The SMILES string of the molecule is O=C(Nc1cccc(COCCOc2ccccc2)c1)NC(CO)Cc1ccccc1. The summed E-state index contributed by atoms with van der Waals surface area (Å²) in [5.41, 5.74) is 2.66. The summed E-state index contributed by atoms with van der Waals surface area (Å²) in [6.45, 7) is 1.21. The summed E-state index contributed by atoms with van der Waals surface area (Å²) < 4.78 is 11.3. The Bertz CT molecular complexity index is 919. The number of rotatable bonds is 11. The molecule has 0 aliphatic rings. The topological polar surface area (TPSA) is 79.8 Å². The van der Waals surface area contributed by atoms with Crippen molar-refractivity contribution in [2.45, 2.75) is 19.1 Å². The summed E-state index contributed by atoms with van der Waals surface area (Å²) in [5.74, 6) is 0.816. The van der Waals surface area contributed by atoms with Crippen LogP contribution in [0.25, 0.3) is 0 Å². The van der Waals surface area contributed by atoms with Crippen LogP contribution in [0.5, 0.6) is 5.75 Å². The minimum atomic E-state index is -0.362. The van der Waals surface area contributed by atoms with Gasteiger partial charge < -0.3 is 25.2 Å². The Morgan fingerprint density at radius 3 is 2.32 bits per heavy atom. The molecule has 0 aliphatic carbocycles. The maximum absolute atomic E-state index is 12.3. The van der Waals surface area contributed by atoms with Gasteiger partial charge in [0.1, 0.15) is 12.4 Å². The first-order chi connectivity index (χ1) is 15.2. The van der Waals surface area contributed by atoms with Gasteiger partial charge in [-0.25, -0.2) is 4.79 Å². The van der Waals surface area contributed by atoms with Crippen molar-refractivity contribution in [3.63, 3.8) is 0 Å². The highest BCUT2D eigenvalue weighted by atomic mass is 16.5. The van der Waals surface area contributed by atoms with Crippen molar-refractivity contribution < 1.29 is 19.4 Å². The molecule has 6 nitrogen and oxygen atoms in total. The Kier molecular flexibility index (Phi) is 8.91. The summed E-state index contributed by atoms with van der Waals surface area (Å²) >= 11 is 0. The van der Waals surface area contributed by atoms with Crippen molar-refractivity contribution in [3.8, 4) is 5.75 Å². The van der Waals surface area contributed by atoms with Crippen LogP contribution >= 0.6 is 0 Å². The molecule has 0 aromatic heterocycles. The van der Waals surface area contributed by atoms with Crippen LogP contribution < -0.4 is 15.4 Å². The first kappa shape index (κ1) is 22.3. The van der Waals surface area contributed by atoms with Gasteiger partial charge in [-0.3, -0.25) is 0 Å². The average molecular weight is 421 g/mol. The number of carbonyl (C=O) groups excluding carboxylic acids is 1. The van der Waals surface area contributed by atoms with E-state index in [0.717, 1.165) is 16.9 Å². The standard InChI is InChI=1S/C25H28N2O4/c28-18-23(16-20-8-3-1-4-9-20)27-25(29)26-22-11-7-10-21(17-22)19-30-14-15-31-24-12-5-2-6-13-24/h1-13,17,23,28H,14-16,18-19H2,(H2,26,27,29). The number of anilines is 1. The second-order valence-electron chi connectivity index (χ2n) is 7.08. The van der Waals surface area contributed by atoms with Crippen LogP contribution in [0.3, 0.4) is 0 Å². The molecule has 162 valence electrons. The number of hydrogen-bond donors (Lipinski definition) is 3. The van der Waals surface area contributed by atoms with E-state index in [1.807, 2.05) is 84.9 Å². The molecule has 0 aliphatic heterocycles. The summed E-state index contributed by atoms with van der Waals surface area (Å²) in [7, 11) is 0. The fourth-order valence-corrected chi connectivity index (χ4v) is 3.08. The van der Waals surface area contributed by atoms with Crippen molar-refractivity contribution in [1.82, 2.24) is 5.32 Å². The number of aliphatic hydroxyl groups excluding tert-OH is 1. The number of amides is 2. The first-order valence-electron chi connectivity index (χ1n) is 10.3. The van der Waals surface area contributed by atoms with E-state index < -0.39 is 0 Å². The number of benzene rings is 3. The zero-order valence-corrected chi connectivity index (χ0v) is 17.4. The van der Waals surface area contributed by atoms with Crippen molar-refractivity contribution in [2.75, 3.05) is 25.1 Å². The molecule has 3 rings (SSSR count). The largest absolute Gasteiger partial charge is 0.491 e. The maximum atomic E-state index is 12.3. The smallest absolute Gasteiger partial charge is 0.319 e. The van der Waals surface area contributed by atoms with Crippen molar-refractivity contribution in [1.29, 1.82) is 0 Å². The third-order valence-electron chi connectivity index (χ3n) is 4.57. The predicted molar refractivity (Wildman–Crippen MR) is 121 cm³/mol. The van der Waals surface area contributed by atoms with E-state index in [0.29, 0.717) is 31.9 Å². The second kappa shape index (κ2) is 12.4. The van der Waals surface area contributed by atoms with Crippen LogP contribution in [0.2, 0.25) is 0 Å². The Hall–Kier alpha value is -3.35. The van der Waals surface area contributed by atoms with E-state index in [1.165, 1.54) is 0 Å². The summed E-state index contributed by atoms with van der Waals surface area (Å²) in [6, 6.07) is 26.1. The van der Waals surface area contributed by atoms with Crippen LogP contribution in [0.4, 0.5) is 10.5 Å². The number of aliphatic hydroxyl groups is 1. The molecular formula is C25H28N2O4. The highest BCUT2D eigenvalue weighted by molar-refractivity contribution is 5.89. The molecule has 0 radical (unpaired) electrons. The quantitative estimate of drug-likeness (QED) is 0.410. The van der Waals surface area contributed by atoms with Crippen LogP contribution in [-0.2, 0) is 17.8 Å². The normalized spacial score (nSPS) is 11.5. The number of urea groups is 1. The minimum Gasteiger partial charge on any atom is -0.491 e. The molecule has 3 aromatic carbocycles. The Balaban J connectivity index is 1.41. The van der Waals surface area contributed by atoms with E-state index in [1.54, 1.807) is 0 Å². The molecular weight excluding hydrogens is 392 g/mol. The van der Waals surface area contributed by atoms with E-state index in [-0.39, 0.29) is 18.7 Å². The van der Waals surface area contributed by atoms with Gasteiger partial charge in [0, 0.05) is 5.69 Å². The summed E-state index contributed by atoms with van der Waals surface area (Å²) in [4.78, 5) is 12.3. The molecule has 1 atom stereocenters. The van der Waals surface area contributed by atoms with E-state index in [4.69, 9.17) is 9.47 Å². The molecule has 0 fully saturated rings. The average Bonchev–Trinajstić information content (AvgIpc) is 2.80. The molecule has 1 unspecified atom stereocenters. The molecule has 3 aromatic rings. The number of hydrogen-bond acceptors (Lipinski definition) is 4. The molecule has 0 saturated heterocycles. The molecule has 0 heterocycles. The molecule has 0 saturated carbocycles. The Morgan fingerprint density at radius 2 is 1.58 bits per heavy atom. The predicted octanol–water partition coefficient (Wildman–Crippen LogP) is 4.01. The monoisotopic (exact) mass is 420 g/mol. The Morgan fingerprint density at radius 1 is 0.871 bits per heavy atom. The third-order valence-corrected chi connectivity index (χ3v) is 4.57. The number of ether oxygens (including phenoxy) is 2. The van der Waals surface area contributed by atoms with Crippen molar-refractivity contribution >= 4 is 11.7 Å². The first-order valence-corrected chi connectivity index (χ1v) is 10.3. The van der Waals surface area contributed by atoms with Gasteiger partial charge in [-0.15, -0.1) is 0 Å². The minimum absolute atomic E-state index is 0.138. The van der Waals surface area contributed by atoms with Gasteiger partial charge >= 0.3 is 6.03 Å². The van der Waals surface area contributed by atoms with Gasteiger partial charge in [0.15, 0.2) is 0 Å². The molecule has 6 heteroatoms. The lowest BCUT2D eigenvalue weighted by molar-refractivity contribution is 0.0889. The van der Waals surface area contributed by atoms with Crippen molar-refractivity contribution in [3.05, 3.63) is 96.1 Å². The zero-order chi connectivity index (χ0) is 21.7. The van der Waals surface area contributed by atoms with Crippen molar-refractivity contribution in [2.24, 2.45) is 0 Å². The number of para-hydroxylation sites is 1. The van der Waals surface area contributed by atoms with E-state index in [2.05, 4.69) is 10.6 Å². The van der Waals surface area contributed by atoms with Crippen LogP contribution in [0.15, 0.2) is 84.9 Å². The van der Waals surface area contributed by atoms with Gasteiger partial charge in [0.05, 0.1) is 25.9 Å². The fourth-order valence-electron chi connectivity index (χ4n) is 3.08. The summed E-state index contributed by atoms with van der Waals surface area (Å²) in [5, 5.41) is 15.2. The lowest BCUT2D eigenvalue weighted by atomic mass is 10.1. The lowest BCUT2D eigenvalue weighted by Gasteiger charge is -2.17. The van der Waals surface area contributed by atoms with Crippen LogP contribution in [0, 0.1) is 0 Å². The number of carbonyl (C=O) groups is 1. The molecule has 3 N–H and O–H groups in total. The maximum Gasteiger partial charge on any atom is 0.319 e. The highest BCUT2D eigenvalue weighted by Gasteiger charge is 2.12. The van der Waals surface area contributed by atoms with Gasteiger partial charge in [0.2, 0.25) is 0 Å². The van der Waals surface area contributed by atoms with E-state index >= 15 is 0 Å². The molecule has 0 spiro atoms. The second-order valence-corrected chi connectivity index (χ2v) is 7.08. The van der Waals surface area contributed by atoms with Gasteiger partial charge in [-0.1, -0.05) is 60.7 Å². The van der Waals surface area contributed by atoms with Crippen LogP contribution in [-0.4, -0.2) is 37.0 Å². The molecule has 2 amide bonds. The number of nitrogens with one attached hydrogen (secondary N) is 2. The zero-order valence-electron chi connectivity index (χ0n) is 17.4. The molecule has 0 bridgehead atoms. The highest BCUT2D eigenvalue weighted by Crippen LogP contribution is 2.12. The van der Waals surface area contributed by atoms with Crippen LogP contribution in [0.1, 0.15) is 11.1 Å². The Labute approximate surface area is 182 Å². The summed E-state index contributed by atoms with van der Waals surface area (Å²) in [6.07, 6.45) is 0.559. The van der Waals surface area contributed by atoms with Gasteiger partial charge in [-0.2, -0.15) is 0 Å². The van der Waals surface area contributed by atoms with Gasteiger partial charge in [-0.05, 0) is 41.8 Å². The third kappa shape index (κ3) is 8.12. The van der Waals surface area contributed by atoms with E-state index in [9.17, 15) is 9.90 Å². The van der Waals surface area contributed by atoms with Gasteiger partial charge in [0.25, 0.3) is 0 Å². The lowest BCUT2D eigenvalue weighted by Crippen LogP contribution is -2.41.